The molecule has 0 atom stereocenters. The summed E-state index contributed by atoms with van der Waals surface area (Å²) in [5.41, 5.74) is 0.453. The fourth-order valence-electron chi connectivity index (χ4n) is 2.57. The van der Waals surface area contributed by atoms with Crippen LogP contribution in [-0.4, -0.2) is 49.0 Å². The minimum absolute atomic E-state index is 0.0523. The van der Waals surface area contributed by atoms with Gasteiger partial charge in [0.05, 0.1) is 10.1 Å². The Labute approximate surface area is 145 Å². The number of sulfone groups is 1. The number of halogens is 1. The zero-order chi connectivity index (χ0) is 17.7. The normalized spacial score (nSPS) is 17.0. The molecule has 7 nitrogen and oxygen atoms in total. The average Bonchev–Trinajstić information content (AvgIpc) is 2.86. The third kappa shape index (κ3) is 2.65. The summed E-state index contributed by atoms with van der Waals surface area (Å²) in [6.07, 6.45) is 2.94. The lowest BCUT2D eigenvalue weighted by Gasteiger charge is -2.37. The second-order valence-corrected chi connectivity index (χ2v) is 10.1. The van der Waals surface area contributed by atoms with E-state index < -0.39 is 25.1 Å². The summed E-state index contributed by atoms with van der Waals surface area (Å²) >= 11 is 5.98. The van der Waals surface area contributed by atoms with Crippen LogP contribution in [0, 0.1) is 6.92 Å². The van der Waals surface area contributed by atoms with Crippen molar-refractivity contribution >= 4 is 31.5 Å². The zero-order valence-corrected chi connectivity index (χ0v) is 15.4. The van der Waals surface area contributed by atoms with Gasteiger partial charge in [0.1, 0.15) is 0 Å². The van der Waals surface area contributed by atoms with Crippen LogP contribution in [0.15, 0.2) is 40.6 Å². The van der Waals surface area contributed by atoms with Crippen molar-refractivity contribution in [3.8, 4) is 0 Å². The van der Waals surface area contributed by atoms with Crippen molar-refractivity contribution in [3.63, 3.8) is 0 Å². The number of sulfonamides is 1. The molecule has 0 spiro atoms. The number of hydrogen-bond donors (Lipinski definition) is 0. The number of nitrogens with zero attached hydrogens (tertiary/aromatic N) is 3. The van der Waals surface area contributed by atoms with Crippen molar-refractivity contribution in [2.75, 3.05) is 13.1 Å². The topological polar surface area (TPSA) is 89.3 Å². The van der Waals surface area contributed by atoms with Crippen molar-refractivity contribution in [1.82, 2.24) is 13.9 Å². The van der Waals surface area contributed by atoms with Crippen molar-refractivity contribution < 1.29 is 16.8 Å². The lowest BCUT2D eigenvalue weighted by molar-refractivity contribution is 0.308. The largest absolute Gasteiger partial charge is 0.325 e. The van der Waals surface area contributed by atoms with Gasteiger partial charge < -0.3 is 4.57 Å². The molecule has 0 saturated carbocycles. The van der Waals surface area contributed by atoms with Gasteiger partial charge in [-0.15, -0.1) is 0 Å². The van der Waals surface area contributed by atoms with Crippen LogP contribution in [0.5, 0.6) is 0 Å². The molecule has 0 aliphatic carbocycles. The van der Waals surface area contributed by atoms with Crippen LogP contribution < -0.4 is 0 Å². The predicted octanol–water partition coefficient (Wildman–Crippen LogP) is 1.23. The maximum Gasteiger partial charge on any atom is 0.243 e. The number of rotatable bonds is 4. The van der Waals surface area contributed by atoms with Crippen molar-refractivity contribution in [1.29, 1.82) is 0 Å². The molecule has 1 fully saturated rings. The SMILES string of the molecule is Cc1c(Cl)cccc1S(=O)(=O)N1CC(S(=O)(=O)c2nccn2C)C1. The first-order valence-electron chi connectivity index (χ1n) is 7.12. The monoisotopic (exact) mass is 389 g/mol. The minimum atomic E-state index is -3.77. The first-order valence-corrected chi connectivity index (χ1v) is 10.5. The van der Waals surface area contributed by atoms with Gasteiger partial charge in [0, 0.05) is 37.6 Å². The van der Waals surface area contributed by atoms with E-state index in [1.54, 1.807) is 26.1 Å². The van der Waals surface area contributed by atoms with E-state index in [-0.39, 0.29) is 23.1 Å². The fraction of sp³-hybridized carbons (Fsp3) is 0.357. The van der Waals surface area contributed by atoms with E-state index in [0.717, 1.165) is 4.31 Å². The molecule has 1 aliphatic heterocycles. The molecule has 2 heterocycles. The van der Waals surface area contributed by atoms with Gasteiger partial charge in [0.2, 0.25) is 25.0 Å². The molecule has 0 radical (unpaired) electrons. The minimum Gasteiger partial charge on any atom is -0.325 e. The Bertz CT molecular complexity index is 993. The van der Waals surface area contributed by atoms with E-state index in [1.165, 1.54) is 23.0 Å². The predicted molar refractivity (Wildman–Crippen MR) is 89.1 cm³/mol. The standard InChI is InChI=1S/C14H16ClN3O4S2/c1-10-12(15)4-3-5-13(10)24(21,22)18-8-11(9-18)23(19,20)14-16-6-7-17(14)2/h3-7,11H,8-9H2,1-2H3. The van der Waals surface area contributed by atoms with Crippen LogP contribution in [0.4, 0.5) is 0 Å². The van der Waals surface area contributed by atoms with Crippen molar-refractivity contribution in [2.45, 2.75) is 22.2 Å². The second kappa shape index (κ2) is 5.83. The summed E-state index contributed by atoms with van der Waals surface area (Å²) in [4.78, 5) is 3.95. The molecule has 0 unspecified atom stereocenters. The van der Waals surface area contributed by atoms with Gasteiger partial charge in [-0.1, -0.05) is 17.7 Å². The Morgan fingerprint density at radius 3 is 2.46 bits per heavy atom. The third-order valence-electron chi connectivity index (χ3n) is 4.12. The van der Waals surface area contributed by atoms with Crippen LogP contribution in [0.2, 0.25) is 5.02 Å². The third-order valence-corrected chi connectivity index (χ3v) is 8.58. The van der Waals surface area contributed by atoms with E-state index in [1.807, 2.05) is 0 Å². The van der Waals surface area contributed by atoms with E-state index in [0.29, 0.717) is 10.6 Å². The van der Waals surface area contributed by atoms with E-state index in [4.69, 9.17) is 11.6 Å². The molecule has 130 valence electrons. The average molecular weight is 390 g/mol. The van der Waals surface area contributed by atoms with Crippen LogP contribution in [0.3, 0.4) is 0 Å². The molecule has 24 heavy (non-hydrogen) atoms. The molecule has 1 aromatic carbocycles. The Hall–Kier alpha value is -1.42. The molecule has 10 heteroatoms. The number of hydrogen-bond acceptors (Lipinski definition) is 5. The zero-order valence-electron chi connectivity index (χ0n) is 13.0. The van der Waals surface area contributed by atoms with Gasteiger partial charge in [-0.25, -0.2) is 21.8 Å². The molecule has 2 aromatic rings. The van der Waals surface area contributed by atoms with E-state index in [9.17, 15) is 16.8 Å². The van der Waals surface area contributed by atoms with Crippen LogP contribution in [-0.2, 0) is 26.9 Å². The summed E-state index contributed by atoms with van der Waals surface area (Å²) in [6, 6.07) is 4.64. The molecule has 0 amide bonds. The Morgan fingerprint density at radius 2 is 1.88 bits per heavy atom. The van der Waals surface area contributed by atoms with Crippen LogP contribution in [0.25, 0.3) is 0 Å². The number of aryl methyl sites for hydroxylation is 1. The smallest absolute Gasteiger partial charge is 0.243 e. The Morgan fingerprint density at radius 1 is 1.21 bits per heavy atom. The molecule has 1 aromatic heterocycles. The Kier molecular flexibility index (Phi) is 4.23. The first-order chi connectivity index (χ1) is 11.2. The highest BCUT2D eigenvalue weighted by molar-refractivity contribution is 7.92. The maximum atomic E-state index is 12.7. The second-order valence-electron chi connectivity index (χ2n) is 5.67. The highest BCUT2D eigenvalue weighted by Gasteiger charge is 2.45. The van der Waals surface area contributed by atoms with E-state index >= 15 is 0 Å². The highest BCUT2D eigenvalue weighted by Crippen LogP contribution is 2.31. The van der Waals surface area contributed by atoms with Gasteiger partial charge in [0.25, 0.3) is 0 Å². The summed E-state index contributed by atoms with van der Waals surface area (Å²) in [5, 5.41) is -0.495. The van der Waals surface area contributed by atoms with E-state index in [2.05, 4.69) is 4.98 Å². The number of benzene rings is 1. The molecular formula is C14H16ClN3O4S2. The van der Waals surface area contributed by atoms with Gasteiger partial charge in [-0.05, 0) is 24.6 Å². The summed E-state index contributed by atoms with van der Waals surface area (Å²) < 4.78 is 52.9. The quantitative estimate of drug-likeness (QED) is 0.784. The molecular weight excluding hydrogens is 374 g/mol. The first kappa shape index (κ1) is 17.4. The highest BCUT2D eigenvalue weighted by atomic mass is 35.5. The summed E-state index contributed by atoms with van der Waals surface area (Å²) in [7, 11) is -5.85. The molecule has 0 bridgehead atoms. The molecule has 0 N–H and O–H groups in total. The van der Waals surface area contributed by atoms with Crippen LogP contribution >= 0.6 is 11.6 Å². The number of imidazole rings is 1. The lowest BCUT2D eigenvalue weighted by atomic mass is 10.2. The summed E-state index contributed by atoms with van der Waals surface area (Å²) in [5.74, 6) is 0. The Balaban J connectivity index is 1.84. The van der Waals surface area contributed by atoms with Crippen LogP contribution in [0.1, 0.15) is 5.56 Å². The summed E-state index contributed by atoms with van der Waals surface area (Å²) in [6.45, 7) is 1.43. The van der Waals surface area contributed by atoms with Crippen molar-refractivity contribution in [2.24, 2.45) is 7.05 Å². The molecule has 3 rings (SSSR count). The van der Waals surface area contributed by atoms with Gasteiger partial charge in [-0.3, -0.25) is 0 Å². The van der Waals surface area contributed by atoms with Gasteiger partial charge in [0.15, 0.2) is 0 Å². The van der Waals surface area contributed by atoms with Gasteiger partial charge in [-0.2, -0.15) is 4.31 Å². The lowest BCUT2D eigenvalue weighted by Crippen LogP contribution is -2.57. The number of aromatic nitrogens is 2. The fourth-order valence-corrected chi connectivity index (χ4v) is 6.49. The molecule has 1 saturated heterocycles. The van der Waals surface area contributed by atoms with Crippen molar-refractivity contribution in [3.05, 3.63) is 41.2 Å². The molecule has 1 aliphatic rings. The maximum absolute atomic E-state index is 12.7. The van der Waals surface area contributed by atoms with Gasteiger partial charge >= 0.3 is 0 Å².